The van der Waals surface area contributed by atoms with Crippen LogP contribution >= 0.6 is 0 Å². The van der Waals surface area contributed by atoms with Gasteiger partial charge in [0.05, 0.1) is 18.9 Å². The van der Waals surface area contributed by atoms with Crippen molar-refractivity contribution in [2.24, 2.45) is 11.3 Å². The number of fused-ring (bicyclic) bond motifs is 1. The number of imidazole rings is 1. The third-order valence-electron chi connectivity index (χ3n) is 4.66. The van der Waals surface area contributed by atoms with Crippen LogP contribution in [-0.2, 0) is 9.53 Å². The van der Waals surface area contributed by atoms with Gasteiger partial charge >= 0.3 is 5.97 Å². The van der Waals surface area contributed by atoms with Gasteiger partial charge in [-0.15, -0.1) is 0 Å². The maximum atomic E-state index is 12.1. The van der Waals surface area contributed by atoms with E-state index >= 15 is 0 Å². The molecule has 0 bridgehead atoms. The number of hydrogen-bond donors (Lipinski definition) is 1. The fourth-order valence-corrected chi connectivity index (χ4v) is 3.18. The molecule has 0 saturated carbocycles. The molecule has 1 atom stereocenters. The summed E-state index contributed by atoms with van der Waals surface area (Å²) < 4.78 is 4.97. The van der Waals surface area contributed by atoms with E-state index in [9.17, 15) is 4.79 Å². The normalized spacial score (nSPS) is 19.4. The lowest BCUT2D eigenvalue weighted by atomic mass is 9.74. The van der Waals surface area contributed by atoms with E-state index in [0.717, 1.165) is 37.3 Å². The van der Waals surface area contributed by atoms with Crippen molar-refractivity contribution < 1.29 is 9.53 Å². The predicted octanol–water partition coefficient (Wildman–Crippen LogP) is 1.77. The molecule has 0 spiro atoms. The van der Waals surface area contributed by atoms with Crippen molar-refractivity contribution in [1.29, 1.82) is 0 Å². The van der Waals surface area contributed by atoms with Gasteiger partial charge in [0.15, 0.2) is 11.5 Å². The van der Waals surface area contributed by atoms with Crippen LogP contribution in [0.1, 0.15) is 26.7 Å². The second kappa shape index (κ2) is 5.55. The van der Waals surface area contributed by atoms with E-state index in [1.165, 1.54) is 13.4 Å². The summed E-state index contributed by atoms with van der Waals surface area (Å²) in [6, 6.07) is 0. The molecule has 0 amide bonds. The highest BCUT2D eigenvalue weighted by atomic mass is 16.5. The summed E-state index contributed by atoms with van der Waals surface area (Å²) in [5.41, 5.74) is 1.01. The first-order valence-electron chi connectivity index (χ1n) is 7.51. The van der Waals surface area contributed by atoms with Crippen molar-refractivity contribution in [3.8, 4) is 0 Å². The first-order chi connectivity index (χ1) is 10.5. The van der Waals surface area contributed by atoms with Gasteiger partial charge in [0, 0.05) is 13.1 Å². The highest BCUT2D eigenvalue weighted by molar-refractivity contribution is 5.83. The number of anilines is 1. The molecule has 3 heterocycles. The van der Waals surface area contributed by atoms with E-state index in [2.05, 4.69) is 24.8 Å². The van der Waals surface area contributed by atoms with E-state index < -0.39 is 5.41 Å². The molecule has 1 saturated heterocycles. The van der Waals surface area contributed by atoms with Crippen LogP contribution in [0.4, 0.5) is 5.82 Å². The van der Waals surface area contributed by atoms with Gasteiger partial charge in [0.1, 0.15) is 11.8 Å². The highest BCUT2D eigenvalue weighted by Crippen LogP contribution is 2.36. The van der Waals surface area contributed by atoms with Crippen LogP contribution in [0, 0.1) is 11.3 Å². The summed E-state index contributed by atoms with van der Waals surface area (Å²) in [6.07, 6.45) is 5.19. The van der Waals surface area contributed by atoms with Crippen molar-refractivity contribution >= 4 is 23.0 Å². The van der Waals surface area contributed by atoms with Gasteiger partial charge in [-0.25, -0.2) is 15.0 Å². The molecular formula is C15H21N5O2. The maximum absolute atomic E-state index is 12.1. The molecular weight excluding hydrogens is 282 g/mol. The number of carbonyl (C=O) groups excluding carboxylic acids is 1. The number of aromatic amines is 1. The van der Waals surface area contributed by atoms with Crippen LogP contribution in [0.5, 0.6) is 0 Å². The minimum absolute atomic E-state index is 0.159. The average molecular weight is 303 g/mol. The Hall–Kier alpha value is -2.18. The maximum Gasteiger partial charge on any atom is 0.311 e. The largest absolute Gasteiger partial charge is 0.469 e. The second-order valence-electron chi connectivity index (χ2n) is 6.30. The van der Waals surface area contributed by atoms with Gasteiger partial charge < -0.3 is 14.6 Å². The quantitative estimate of drug-likeness (QED) is 0.870. The number of piperidine rings is 1. The Morgan fingerprint density at radius 2 is 2.23 bits per heavy atom. The summed E-state index contributed by atoms with van der Waals surface area (Å²) >= 11 is 0. The predicted molar refractivity (Wildman–Crippen MR) is 82.4 cm³/mol. The molecule has 1 aliphatic heterocycles. The van der Waals surface area contributed by atoms with Crippen LogP contribution in [0.2, 0.25) is 0 Å². The Morgan fingerprint density at radius 3 is 3.00 bits per heavy atom. The number of methoxy groups -OCH3 is 1. The Balaban J connectivity index is 1.87. The third kappa shape index (κ3) is 2.40. The molecule has 22 heavy (non-hydrogen) atoms. The summed E-state index contributed by atoms with van der Waals surface area (Å²) in [7, 11) is 1.45. The summed E-state index contributed by atoms with van der Waals surface area (Å²) in [5, 5.41) is 0. The van der Waals surface area contributed by atoms with E-state index in [1.54, 1.807) is 6.33 Å². The first kappa shape index (κ1) is 14.7. The van der Waals surface area contributed by atoms with Gasteiger partial charge in [-0.1, -0.05) is 0 Å². The molecule has 7 heteroatoms. The molecule has 1 aliphatic rings. The molecule has 0 radical (unpaired) electrons. The number of carbonyl (C=O) groups is 1. The lowest BCUT2D eigenvalue weighted by molar-refractivity contribution is -0.154. The third-order valence-corrected chi connectivity index (χ3v) is 4.66. The molecule has 118 valence electrons. The molecule has 3 rings (SSSR count). The molecule has 1 N–H and O–H groups in total. The standard InChI is InChI=1S/C15H21N5O2/c1-15(2,14(21)22-3)10-5-4-6-20(7-10)13-11-12(17-8-16-11)18-9-19-13/h8-10H,4-7H2,1-3H3,(H,16,17,18,19). The molecule has 0 aromatic carbocycles. The average Bonchev–Trinajstić information content (AvgIpc) is 3.02. The molecule has 2 aromatic heterocycles. The molecule has 2 aromatic rings. The van der Waals surface area contributed by atoms with E-state index in [-0.39, 0.29) is 11.9 Å². The number of hydrogen-bond acceptors (Lipinski definition) is 6. The second-order valence-corrected chi connectivity index (χ2v) is 6.30. The zero-order valence-electron chi connectivity index (χ0n) is 13.2. The van der Waals surface area contributed by atoms with E-state index in [4.69, 9.17) is 4.74 Å². The summed E-state index contributed by atoms with van der Waals surface area (Å²) in [4.78, 5) is 30.1. The van der Waals surface area contributed by atoms with Crippen molar-refractivity contribution in [2.75, 3.05) is 25.1 Å². The molecule has 1 fully saturated rings. The SMILES string of the molecule is COC(=O)C(C)(C)C1CCCN(c2ncnc3nc[nH]c23)C1. The fraction of sp³-hybridized carbons (Fsp3) is 0.600. The molecule has 1 unspecified atom stereocenters. The van der Waals surface area contributed by atoms with Crippen LogP contribution in [0.15, 0.2) is 12.7 Å². The van der Waals surface area contributed by atoms with E-state index in [1.807, 2.05) is 13.8 Å². The van der Waals surface area contributed by atoms with Crippen molar-refractivity contribution in [1.82, 2.24) is 19.9 Å². The Morgan fingerprint density at radius 1 is 1.41 bits per heavy atom. The first-order valence-corrected chi connectivity index (χ1v) is 7.51. The lowest BCUT2D eigenvalue weighted by Gasteiger charge is -2.40. The van der Waals surface area contributed by atoms with Gasteiger partial charge in [-0.05, 0) is 32.6 Å². The number of nitrogens with one attached hydrogen (secondary N) is 1. The molecule has 7 nitrogen and oxygen atoms in total. The zero-order valence-corrected chi connectivity index (χ0v) is 13.2. The minimum atomic E-state index is -0.506. The van der Waals surface area contributed by atoms with Crippen LogP contribution in [-0.4, -0.2) is 46.1 Å². The van der Waals surface area contributed by atoms with Crippen LogP contribution < -0.4 is 4.90 Å². The zero-order chi connectivity index (χ0) is 15.7. The van der Waals surface area contributed by atoms with Crippen molar-refractivity contribution in [2.45, 2.75) is 26.7 Å². The van der Waals surface area contributed by atoms with Crippen molar-refractivity contribution in [3.63, 3.8) is 0 Å². The van der Waals surface area contributed by atoms with Gasteiger partial charge in [0.2, 0.25) is 0 Å². The monoisotopic (exact) mass is 303 g/mol. The van der Waals surface area contributed by atoms with Gasteiger partial charge in [-0.2, -0.15) is 0 Å². The van der Waals surface area contributed by atoms with Gasteiger partial charge in [0.25, 0.3) is 0 Å². The molecule has 0 aliphatic carbocycles. The topological polar surface area (TPSA) is 84.0 Å². The van der Waals surface area contributed by atoms with Crippen molar-refractivity contribution in [3.05, 3.63) is 12.7 Å². The highest BCUT2D eigenvalue weighted by Gasteiger charge is 2.40. The Bertz CT molecular complexity index is 681. The number of H-pyrrole nitrogens is 1. The number of nitrogens with zero attached hydrogens (tertiary/aromatic N) is 4. The Labute approximate surface area is 129 Å². The van der Waals surface area contributed by atoms with Crippen LogP contribution in [0.3, 0.4) is 0 Å². The van der Waals surface area contributed by atoms with Gasteiger partial charge in [-0.3, -0.25) is 4.79 Å². The number of rotatable bonds is 3. The lowest BCUT2D eigenvalue weighted by Crippen LogP contribution is -2.45. The van der Waals surface area contributed by atoms with E-state index in [0.29, 0.717) is 5.65 Å². The minimum Gasteiger partial charge on any atom is -0.469 e. The number of aromatic nitrogens is 4. The summed E-state index contributed by atoms with van der Waals surface area (Å²) in [5.74, 6) is 0.920. The number of ether oxygens (including phenoxy) is 1. The Kier molecular flexibility index (Phi) is 3.72. The smallest absolute Gasteiger partial charge is 0.311 e. The number of esters is 1. The fourth-order valence-electron chi connectivity index (χ4n) is 3.18. The van der Waals surface area contributed by atoms with Crippen LogP contribution in [0.25, 0.3) is 11.2 Å². The summed E-state index contributed by atoms with van der Waals surface area (Å²) in [6.45, 7) is 5.60.